The Morgan fingerprint density at radius 1 is 1.11 bits per heavy atom. The molecule has 1 N–H and O–H groups in total. The van der Waals surface area contributed by atoms with E-state index in [-0.39, 0.29) is 23.6 Å². The van der Waals surface area contributed by atoms with E-state index in [0.717, 1.165) is 54.6 Å². The molecule has 4 rings (SSSR count). The molecule has 2 saturated heterocycles. The molecule has 2 aliphatic heterocycles. The molecule has 2 heterocycles. The standard InChI is InChI=1S/C30H40FN3O2/c1-21-17-26(28(32-36)12-6-7-13-33-14-8-9-15-33)18-22(2)29(21)34-20-24(16-23(3)30(34)35)19-25-10-4-5-11-27(25)31/h4-5,10-11,17-18,23-24,36H,6-9,12-16,19-20H2,1-3H3/b32-28+/t23-,24-/m1/s1. The van der Waals surface area contributed by atoms with Crippen LogP contribution in [0.5, 0.6) is 0 Å². The number of amides is 1. The minimum absolute atomic E-state index is 0.112. The summed E-state index contributed by atoms with van der Waals surface area (Å²) in [6.45, 7) is 10.1. The highest BCUT2D eigenvalue weighted by atomic mass is 19.1. The summed E-state index contributed by atoms with van der Waals surface area (Å²) in [6.07, 6.45) is 6.79. The largest absolute Gasteiger partial charge is 0.411 e. The van der Waals surface area contributed by atoms with E-state index in [2.05, 4.69) is 10.1 Å². The quantitative estimate of drug-likeness (QED) is 0.198. The number of nitrogens with zero attached hydrogens (tertiary/aromatic N) is 3. The number of likely N-dealkylation sites (tertiary alicyclic amines) is 1. The summed E-state index contributed by atoms with van der Waals surface area (Å²) in [4.78, 5) is 17.6. The van der Waals surface area contributed by atoms with E-state index < -0.39 is 0 Å². The molecule has 5 nitrogen and oxygen atoms in total. The number of halogens is 1. The molecule has 0 aliphatic carbocycles. The van der Waals surface area contributed by atoms with Crippen molar-refractivity contribution >= 4 is 17.3 Å². The Morgan fingerprint density at radius 3 is 2.47 bits per heavy atom. The zero-order valence-corrected chi connectivity index (χ0v) is 22.0. The Kier molecular flexibility index (Phi) is 8.78. The van der Waals surface area contributed by atoms with Gasteiger partial charge in [-0.1, -0.05) is 30.3 Å². The summed E-state index contributed by atoms with van der Waals surface area (Å²) in [5.74, 6) is 0.0238. The molecular weight excluding hydrogens is 453 g/mol. The van der Waals surface area contributed by atoms with Crippen LogP contribution >= 0.6 is 0 Å². The van der Waals surface area contributed by atoms with Crippen LogP contribution in [0, 0.1) is 31.5 Å². The van der Waals surface area contributed by atoms with Gasteiger partial charge in [0, 0.05) is 18.2 Å². The number of carbonyl (C=O) groups excluding carboxylic acids is 1. The fourth-order valence-electron chi connectivity index (χ4n) is 6.05. The molecule has 194 valence electrons. The molecule has 0 saturated carbocycles. The molecule has 2 aromatic carbocycles. The summed E-state index contributed by atoms with van der Waals surface area (Å²) in [6, 6.07) is 11.0. The van der Waals surface area contributed by atoms with Crippen molar-refractivity contribution in [1.82, 2.24) is 4.90 Å². The van der Waals surface area contributed by atoms with Crippen LogP contribution in [-0.4, -0.2) is 47.9 Å². The molecule has 0 bridgehead atoms. The second-order valence-electron chi connectivity index (χ2n) is 10.8. The number of anilines is 1. The number of hydrogen-bond acceptors (Lipinski definition) is 4. The minimum Gasteiger partial charge on any atom is -0.411 e. The van der Waals surface area contributed by atoms with Crippen LogP contribution in [0.4, 0.5) is 10.1 Å². The van der Waals surface area contributed by atoms with Crippen molar-refractivity contribution in [3.8, 4) is 0 Å². The highest BCUT2D eigenvalue weighted by Gasteiger charge is 2.34. The van der Waals surface area contributed by atoms with Gasteiger partial charge in [0.15, 0.2) is 0 Å². The zero-order chi connectivity index (χ0) is 25.7. The average molecular weight is 494 g/mol. The number of benzene rings is 2. The maximum atomic E-state index is 14.3. The molecule has 2 atom stereocenters. The summed E-state index contributed by atoms with van der Waals surface area (Å²) >= 11 is 0. The molecule has 1 amide bonds. The third-order valence-corrected chi connectivity index (χ3v) is 7.83. The van der Waals surface area contributed by atoms with Gasteiger partial charge < -0.3 is 15.0 Å². The molecule has 2 aliphatic rings. The van der Waals surface area contributed by atoms with E-state index >= 15 is 0 Å². The number of hydrogen-bond donors (Lipinski definition) is 1. The van der Waals surface area contributed by atoms with E-state index in [0.29, 0.717) is 24.2 Å². The number of unbranched alkanes of at least 4 members (excludes halogenated alkanes) is 1. The number of rotatable bonds is 9. The van der Waals surface area contributed by atoms with Crippen LogP contribution in [-0.2, 0) is 11.2 Å². The summed E-state index contributed by atoms with van der Waals surface area (Å²) in [7, 11) is 0. The Balaban J connectivity index is 1.46. The number of piperidine rings is 1. The van der Waals surface area contributed by atoms with E-state index in [9.17, 15) is 14.4 Å². The first kappa shape index (κ1) is 26.3. The van der Waals surface area contributed by atoms with Crippen LogP contribution < -0.4 is 4.90 Å². The van der Waals surface area contributed by atoms with E-state index in [1.54, 1.807) is 6.07 Å². The first-order valence-electron chi connectivity index (χ1n) is 13.5. The number of carbonyl (C=O) groups is 1. The van der Waals surface area contributed by atoms with Gasteiger partial charge in [-0.3, -0.25) is 4.79 Å². The Bertz CT molecular complexity index is 1070. The second-order valence-corrected chi connectivity index (χ2v) is 10.8. The molecule has 0 aromatic heterocycles. The van der Waals surface area contributed by atoms with Crippen LogP contribution in [0.3, 0.4) is 0 Å². The smallest absolute Gasteiger partial charge is 0.229 e. The molecule has 2 fully saturated rings. The normalized spacial score (nSPS) is 21.4. The van der Waals surface area contributed by atoms with E-state index in [4.69, 9.17) is 0 Å². The Morgan fingerprint density at radius 2 is 1.81 bits per heavy atom. The lowest BCUT2D eigenvalue weighted by Crippen LogP contribution is -2.46. The van der Waals surface area contributed by atoms with Crippen molar-refractivity contribution in [1.29, 1.82) is 0 Å². The van der Waals surface area contributed by atoms with Gasteiger partial charge in [-0.05, 0) is 125 Å². The molecular formula is C30H40FN3O2. The zero-order valence-electron chi connectivity index (χ0n) is 22.0. The van der Waals surface area contributed by atoms with Crippen molar-refractivity contribution in [2.45, 2.75) is 65.7 Å². The van der Waals surface area contributed by atoms with Crippen LogP contribution in [0.2, 0.25) is 0 Å². The summed E-state index contributed by atoms with van der Waals surface area (Å²) < 4.78 is 14.3. The lowest BCUT2D eigenvalue weighted by Gasteiger charge is -2.38. The van der Waals surface area contributed by atoms with Crippen molar-refractivity contribution in [3.05, 3.63) is 64.5 Å². The Hall–Kier alpha value is -2.73. The van der Waals surface area contributed by atoms with E-state index in [1.165, 1.54) is 32.0 Å². The van der Waals surface area contributed by atoms with Gasteiger partial charge in [0.1, 0.15) is 5.82 Å². The fraction of sp³-hybridized carbons (Fsp3) is 0.533. The van der Waals surface area contributed by atoms with Gasteiger partial charge in [0.25, 0.3) is 0 Å². The fourth-order valence-corrected chi connectivity index (χ4v) is 6.05. The molecule has 6 heteroatoms. The van der Waals surface area contributed by atoms with E-state index in [1.807, 2.05) is 49.9 Å². The van der Waals surface area contributed by atoms with Crippen molar-refractivity contribution in [2.24, 2.45) is 17.0 Å². The molecule has 0 unspecified atom stereocenters. The molecule has 36 heavy (non-hydrogen) atoms. The Labute approximate surface area is 215 Å². The van der Waals surface area contributed by atoms with Crippen LogP contribution in [0.15, 0.2) is 41.6 Å². The lowest BCUT2D eigenvalue weighted by molar-refractivity contribution is -0.124. The topological polar surface area (TPSA) is 56.1 Å². The first-order valence-corrected chi connectivity index (χ1v) is 13.5. The molecule has 0 radical (unpaired) electrons. The second kappa shape index (κ2) is 12.0. The first-order chi connectivity index (χ1) is 17.4. The predicted molar refractivity (Wildman–Crippen MR) is 143 cm³/mol. The van der Waals surface area contributed by atoms with Crippen LogP contribution in [0.1, 0.15) is 67.7 Å². The molecule has 2 aromatic rings. The highest BCUT2D eigenvalue weighted by molar-refractivity contribution is 6.02. The van der Waals surface area contributed by atoms with Crippen LogP contribution in [0.25, 0.3) is 0 Å². The lowest BCUT2D eigenvalue weighted by atomic mass is 9.84. The SMILES string of the molecule is Cc1cc(/C(CCCCN2CCCC2)=N/O)cc(C)c1N1C[C@@H](Cc2ccccc2F)C[C@@H](C)C1=O. The number of aryl methyl sites for hydroxylation is 2. The third-order valence-electron chi connectivity index (χ3n) is 7.83. The van der Waals surface area contributed by atoms with Crippen molar-refractivity contribution < 1.29 is 14.4 Å². The highest BCUT2D eigenvalue weighted by Crippen LogP contribution is 2.35. The number of oxime groups is 1. The van der Waals surface area contributed by atoms with Gasteiger partial charge in [-0.2, -0.15) is 0 Å². The van der Waals surface area contributed by atoms with Gasteiger partial charge in [-0.15, -0.1) is 0 Å². The van der Waals surface area contributed by atoms with Gasteiger partial charge >= 0.3 is 0 Å². The maximum absolute atomic E-state index is 14.3. The predicted octanol–water partition coefficient (Wildman–Crippen LogP) is 6.12. The minimum atomic E-state index is -0.179. The van der Waals surface area contributed by atoms with Gasteiger partial charge in [0.05, 0.1) is 5.71 Å². The van der Waals surface area contributed by atoms with Crippen molar-refractivity contribution in [3.63, 3.8) is 0 Å². The monoisotopic (exact) mass is 493 g/mol. The average Bonchev–Trinajstić information content (AvgIpc) is 3.36. The summed E-state index contributed by atoms with van der Waals surface area (Å²) in [5, 5.41) is 13.4. The third kappa shape index (κ3) is 6.15. The molecule has 0 spiro atoms. The summed E-state index contributed by atoms with van der Waals surface area (Å²) in [5.41, 5.74) is 5.25. The van der Waals surface area contributed by atoms with Gasteiger partial charge in [-0.25, -0.2) is 4.39 Å². The van der Waals surface area contributed by atoms with Crippen molar-refractivity contribution in [2.75, 3.05) is 31.1 Å². The maximum Gasteiger partial charge on any atom is 0.229 e. The van der Waals surface area contributed by atoms with Gasteiger partial charge in [0.2, 0.25) is 5.91 Å².